The van der Waals surface area contributed by atoms with Crippen LogP contribution in [-0.4, -0.2) is 24.9 Å². The van der Waals surface area contributed by atoms with Gasteiger partial charge in [-0.05, 0) is 80.1 Å². The Kier molecular flexibility index (Phi) is 5.63. The molecular weight excluding hydrogens is 351 g/mol. The van der Waals surface area contributed by atoms with Crippen LogP contribution in [-0.2, 0) is 19.4 Å². The Balaban J connectivity index is 0.00000182. The summed E-state index contributed by atoms with van der Waals surface area (Å²) in [5.74, 6) is 2.42. The van der Waals surface area contributed by atoms with Crippen molar-refractivity contribution in [2.75, 3.05) is 0 Å². The summed E-state index contributed by atoms with van der Waals surface area (Å²) in [5.41, 5.74) is 1.15. The van der Waals surface area contributed by atoms with Gasteiger partial charge in [-0.2, -0.15) is 0 Å². The normalized spacial score (nSPS) is 43.4. The van der Waals surface area contributed by atoms with Gasteiger partial charge in [0.05, 0.1) is 6.10 Å². The molecule has 3 unspecified atom stereocenters. The van der Waals surface area contributed by atoms with Crippen LogP contribution in [0, 0.1) is 29.1 Å². The van der Waals surface area contributed by atoms with Gasteiger partial charge >= 0.3 is 29.6 Å². The van der Waals surface area contributed by atoms with Gasteiger partial charge in [-0.15, -0.1) is 0 Å². The third-order valence-corrected chi connectivity index (χ3v) is 7.92. The standard InChI is InChI=1S/C18H26O5S.Na/c1-18-9-8-14-13-5-3-12(19)10-11(13)2-4-15(14)16(18)6-7-17(18)23-24(20,21)22;/h10,13-17H,2-9H2,1H3,(H,20,21,22);/q;+1/p-1/t13-,14?,15?,16?,17-,18-;/m0./s1. The molecule has 5 nitrogen and oxygen atoms in total. The molecule has 0 aliphatic heterocycles. The van der Waals surface area contributed by atoms with Crippen LogP contribution in [0.25, 0.3) is 0 Å². The van der Waals surface area contributed by atoms with E-state index in [2.05, 4.69) is 6.92 Å². The zero-order chi connectivity index (χ0) is 17.1. The molecule has 0 radical (unpaired) electrons. The van der Waals surface area contributed by atoms with Crippen molar-refractivity contribution in [3.05, 3.63) is 11.6 Å². The van der Waals surface area contributed by atoms with E-state index in [9.17, 15) is 17.8 Å². The van der Waals surface area contributed by atoms with Crippen LogP contribution >= 0.6 is 0 Å². The van der Waals surface area contributed by atoms with Crippen molar-refractivity contribution in [1.82, 2.24) is 0 Å². The molecule has 134 valence electrons. The van der Waals surface area contributed by atoms with Crippen LogP contribution in [0.4, 0.5) is 0 Å². The summed E-state index contributed by atoms with van der Waals surface area (Å²) < 4.78 is 38.2. The predicted octanol–water partition coefficient (Wildman–Crippen LogP) is -0.0224. The Morgan fingerprint density at radius 3 is 2.60 bits per heavy atom. The van der Waals surface area contributed by atoms with Crippen molar-refractivity contribution < 1.29 is 51.5 Å². The summed E-state index contributed by atoms with van der Waals surface area (Å²) in [4.78, 5) is 11.7. The maximum atomic E-state index is 11.7. The van der Waals surface area contributed by atoms with Crippen molar-refractivity contribution in [2.24, 2.45) is 29.1 Å². The summed E-state index contributed by atoms with van der Waals surface area (Å²) in [6, 6.07) is 0. The van der Waals surface area contributed by atoms with Crippen molar-refractivity contribution in [2.45, 2.75) is 64.4 Å². The van der Waals surface area contributed by atoms with Gasteiger partial charge in [0.25, 0.3) is 0 Å². The van der Waals surface area contributed by atoms with Gasteiger partial charge in [0.15, 0.2) is 5.78 Å². The van der Waals surface area contributed by atoms with Crippen LogP contribution in [0.3, 0.4) is 0 Å². The van der Waals surface area contributed by atoms with E-state index in [0.29, 0.717) is 36.5 Å². The molecule has 4 rings (SSSR count). The van der Waals surface area contributed by atoms with E-state index >= 15 is 0 Å². The Morgan fingerprint density at radius 1 is 1.12 bits per heavy atom. The van der Waals surface area contributed by atoms with Crippen molar-refractivity contribution in [3.63, 3.8) is 0 Å². The van der Waals surface area contributed by atoms with E-state index in [0.717, 1.165) is 38.5 Å². The molecule has 0 spiro atoms. The Morgan fingerprint density at radius 2 is 1.88 bits per heavy atom. The van der Waals surface area contributed by atoms with Gasteiger partial charge in [-0.25, -0.2) is 8.42 Å². The topological polar surface area (TPSA) is 83.5 Å². The average Bonchev–Trinajstić information content (AvgIpc) is 2.82. The van der Waals surface area contributed by atoms with Crippen LogP contribution < -0.4 is 29.6 Å². The van der Waals surface area contributed by atoms with Crippen LogP contribution in [0.15, 0.2) is 11.6 Å². The van der Waals surface area contributed by atoms with E-state index in [1.807, 2.05) is 6.08 Å². The molecule has 7 heteroatoms. The monoisotopic (exact) mass is 376 g/mol. The number of hydrogen-bond acceptors (Lipinski definition) is 5. The molecule has 0 saturated heterocycles. The third-order valence-electron chi connectivity index (χ3n) is 7.45. The Labute approximate surface area is 172 Å². The molecule has 25 heavy (non-hydrogen) atoms. The van der Waals surface area contributed by atoms with E-state index in [1.165, 1.54) is 5.57 Å². The maximum Gasteiger partial charge on any atom is 1.00 e. The molecule has 0 heterocycles. The van der Waals surface area contributed by atoms with E-state index in [1.54, 1.807) is 0 Å². The van der Waals surface area contributed by atoms with Gasteiger partial charge < -0.3 is 4.55 Å². The molecule has 0 bridgehead atoms. The second-order valence-electron chi connectivity index (χ2n) is 8.42. The SMILES string of the molecule is C[C@]12CCC3C(CCC4=CC(=O)CC[C@@H]43)C1CC[C@@H]2OS(=O)(=O)[O-].[Na+]. The first-order chi connectivity index (χ1) is 11.3. The summed E-state index contributed by atoms with van der Waals surface area (Å²) in [6.45, 7) is 2.12. The molecule has 0 aromatic carbocycles. The number of fused-ring (bicyclic) bond motifs is 5. The van der Waals surface area contributed by atoms with E-state index in [4.69, 9.17) is 4.18 Å². The smallest absolute Gasteiger partial charge is 0.726 e. The van der Waals surface area contributed by atoms with Gasteiger partial charge in [0.1, 0.15) is 0 Å². The van der Waals surface area contributed by atoms with Gasteiger partial charge in [-0.3, -0.25) is 8.98 Å². The largest absolute Gasteiger partial charge is 1.00 e. The molecule has 0 aromatic heterocycles. The summed E-state index contributed by atoms with van der Waals surface area (Å²) >= 11 is 0. The van der Waals surface area contributed by atoms with Crippen LogP contribution in [0.1, 0.15) is 58.3 Å². The minimum Gasteiger partial charge on any atom is -0.726 e. The molecular formula is C18H25NaO5S. The van der Waals surface area contributed by atoms with Crippen molar-refractivity contribution >= 4 is 16.2 Å². The zero-order valence-electron chi connectivity index (χ0n) is 15.1. The number of allylic oxidation sites excluding steroid dienone is 1. The van der Waals surface area contributed by atoms with E-state index < -0.39 is 16.5 Å². The Bertz CT molecular complexity index is 688. The third kappa shape index (κ3) is 3.55. The number of hydrogen-bond donors (Lipinski definition) is 0. The maximum absolute atomic E-state index is 11.7. The molecule has 0 N–H and O–H groups in total. The molecule has 6 atom stereocenters. The zero-order valence-corrected chi connectivity index (χ0v) is 17.9. The number of carbonyl (C=O) groups is 1. The number of carbonyl (C=O) groups excluding carboxylic acids is 1. The van der Waals surface area contributed by atoms with Crippen LogP contribution in [0.2, 0.25) is 0 Å². The summed E-state index contributed by atoms with van der Waals surface area (Å²) in [5, 5.41) is 0. The number of ketones is 1. The number of rotatable bonds is 2. The van der Waals surface area contributed by atoms with Gasteiger partial charge in [0, 0.05) is 6.42 Å². The molecule has 0 aromatic rings. The first-order valence-electron chi connectivity index (χ1n) is 9.15. The van der Waals surface area contributed by atoms with Gasteiger partial charge in [0.2, 0.25) is 10.4 Å². The molecule has 3 fully saturated rings. The minimum absolute atomic E-state index is 0. The average molecular weight is 376 g/mol. The quantitative estimate of drug-likeness (QED) is 0.384. The van der Waals surface area contributed by atoms with Crippen LogP contribution in [0.5, 0.6) is 0 Å². The second kappa shape index (κ2) is 7.02. The Hall–Kier alpha value is 0.280. The fraction of sp³-hybridized carbons (Fsp3) is 0.833. The van der Waals surface area contributed by atoms with E-state index in [-0.39, 0.29) is 40.8 Å². The fourth-order valence-corrected chi connectivity index (χ4v) is 7.03. The van der Waals surface area contributed by atoms with Crippen molar-refractivity contribution in [1.29, 1.82) is 0 Å². The first-order valence-corrected chi connectivity index (χ1v) is 10.5. The minimum atomic E-state index is -4.65. The summed E-state index contributed by atoms with van der Waals surface area (Å²) in [7, 11) is -4.65. The first kappa shape index (κ1) is 20.0. The second-order valence-corrected chi connectivity index (χ2v) is 9.43. The molecule has 0 amide bonds. The van der Waals surface area contributed by atoms with Gasteiger partial charge in [-0.1, -0.05) is 12.5 Å². The van der Waals surface area contributed by atoms with Crippen molar-refractivity contribution in [3.8, 4) is 0 Å². The molecule has 3 saturated carbocycles. The predicted molar refractivity (Wildman–Crippen MR) is 86.7 cm³/mol. The molecule has 4 aliphatic carbocycles. The molecule has 4 aliphatic rings. The summed E-state index contributed by atoms with van der Waals surface area (Å²) in [6.07, 6.45) is 8.72. The fourth-order valence-electron chi connectivity index (χ4n) is 6.43.